The second-order valence-electron chi connectivity index (χ2n) is 11.4. The summed E-state index contributed by atoms with van der Waals surface area (Å²) in [5, 5.41) is 2.60. The molecule has 2 unspecified atom stereocenters. The van der Waals surface area contributed by atoms with Crippen LogP contribution in [0.2, 0.25) is 0 Å². The molecule has 0 saturated heterocycles. The average Bonchev–Trinajstić information content (AvgIpc) is 3.51. The van der Waals surface area contributed by atoms with Crippen molar-refractivity contribution in [3.05, 3.63) is 157 Å². The third kappa shape index (κ3) is 3.56. The standard InChI is InChI=1S/C39H31N3/c1-3-14-28(42-35-22-11-12-25-39(35,2)40-38(42)27-15-5-4-6-16-27)17-13-26-41-34-21-10-9-19-30(34)33-24-23-32-29-18-7-8-20-31(29)36(32)37(33)41/h3-25,35H,1,26H2,2H3/b17-13-,28-14+. The average molecular weight is 542 g/mol. The summed E-state index contributed by atoms with van der Waals surface area (Å²) < 4.78 is 2.48. The van der Waals surface area contributed by atoms with Crippen LogP contribution in [-0.4, -0.2) is 26.9 Å². The van der Waals surface area contributed by atoms with Gasteiger partial charge in [-0.05, 0) is 41.8 Å². The van der Waals surface area contributed by atoms with E-state index in [1.54, 1.807) is 0 Å². The summed E-state index contributed by atoms with van der Waals surface area (Å²) in [5.74, 6) is 0.979. The maximum Gasteiger partial charge on any atom is 0.137 e. The number of rotatable bonds is 6. The largest absolute Gasteiger partial charge is 0.336 e. The molecule has 0 bridgehead atoms. The number of para-hydroxylation sites is 1. The number of hydrogen-bond donors (Lipinski definition) is 0. The molecule has 8 rings (SSSR count). The van der Waals surface area contributed by atoms with Gasteiger partial charge in [0.1, 0.15) is 11.4 Å². The molecule has 3 aliphatic rings. The summed E-state index contributed by atoms with van der Waals surface area (Å²) in [6.07, 6.45) is 17.2. The van der Waals surface area contributed by atoms with Gasteiger partial charge in [0.05, 0.1) is 11.6 Å². The molecular weight excluding hydrogens is 510 g/mol. The van der Waals surface area contributed by atoms with Crippen LogP contribution in [0, 0.1) is 0 Å². The number of aromatic nitrogens is 1. The highest BCUT2D eigenvalue weighted by molar-refractivity contribution is 6.20. The second-order valence-corrected chi connectivity index (χ2v) is 11.4. The van der Waals surface area contributed by atoms with Crippen molar-refractivity contribution in [3.8, 4) is 22.3 Å². The van der Waals surface area contributed by atoms with E-state index >= 15 is 0 Å². The fourth-order valence-corrected chi connectivity index (χ4v) is 6.97. The highest BCUT2D eigenvalue weighted by Crippen LogP contribution is 2.52. The predicted octanol–water partition coefficient (Wildman–Crippen LogP) is 9.08. The highest BCUT2D eigenvalue weighted by atomic mass is 15.3. The molecule has 2 aliphatic carbocycles. The lowest BCUT2D eigenvalue weighted by Gasteiger charge is -2.34. The van der Waals surface area contributed by atoms with Crippen LogP contribution in [0.15, 0.2) is 157 Å². The molecule has 3 nitrogen and oxygen atoms in total. The van der Waals surface area contributed by atoms with Crippen molar-refractivity contribution < 1.29 is 0 Å². The Morgan fingerprint density at radius 3 is 2.50 bits per heavy atom. The SMILES string of the molecule is C=C/C=C(\C=C/Cn1c2ccccc2c2ccc3c(c21)-c1ccccc1-3)N1C(c2ccccc2)=NC2(C)C=CC=CC12. The van der Waals surface area contributed by atoms with Gasteiger partial charge in [-0.1, -0.05) is 128 Å². The molecule has 0 N–H and O–H groups in total. The molecule has 0 spiro atoms. The number of amidine groups is 1. The van der Waals surface area contributed by atoms with Gasteiger partial charge in [-0.25, -0.2) is 0 Å². The summed E-state index contributed by atoms with van der Waals surface area (Å²) in [4.78, 5) is 7.64. The normalized spacial score (nSPS) is 20.5. The molecule has 2 atom stereocenters. The van der Waals surface area contributed by atoms with Crippen LogP contribution >= 0.6 is 0 Å². The number of fused-ring (bicyclic) bond motifs is 9. The van der Waals surface area contributed by atoms with Gasteiger partial charge in [0.2, 0.25) is 0 Å². The summed E-state index contributed by atoms with van der Waals surface area (Å²) >= 11 is 0. The monoisotopic (exact) mass is 541 g/mol. The van der Waals surface area contributed by atoms with Crippen LogP contribution in [0.25, 0.3) is 44.1 Å². The van der Waals surface area contributed by atoms with E-state index in [2.05, 4.69) is 156 Å². The zero-order chi connectivity index (χ0) is 28.3. The molecule has 1 aromatic heterocycles. The molecule has 0 amide bonds. The van der Waals surface area contributed by atoms with Crippen molar-refractivity contribution in [2.75, 3.05) is 0 Å². The Kier molecular flexibility index (Phi) is 5.55. The number of hydrogen-bond acceptors (Lipinski definition) is 2. The molecule has 0 fully saturated rings. The minimum atomic E-state index is -0.337. The molecule has 42 heavy (non-hydrogen) atoms. The Bertz CT molecular complexity index is 2050. The van der Waals surface area contributed by atoms with Gasteiger partial charge < -0.3 is 9.47 Å². The van der Waals surface area contributed by atoms with Crippen LogP contribution in [-0.2, 0) is 6.54 Å². The molecule has 2 heterocycles. The predicted molar refractivity (Wildman–Crippen MR) is 177 cm³/mol. The van der Waals surface area contributed by atoms with E-state index in [0.29, 0.717) is 0 Å². The van der Waals surface area contributed by atoms with E-state index in [1.807, 2.05) is 6.08 Å². The van der Waals surface area contributed by atoms with Gasteiger partial charge >= 0.3 is 0 Å². The van der Waals surface area contributed by atoms with E-state index in [4.69, 9.17) is 4.99 Å². The van der Waals surface area contributed by atoms with Crippen molar-refractivity contribution >= 4 is 27.6 Å². The van der Waals surface area contributed by atoms with Gasteiger partial charge in [0.15, 0.2) is 0 Å². The van der Waals surface area contributed by atoms with Crippen LogP contribution < -0.4 is 0 Å². The fourth-order valence-electron chi connectivity index (χ4n) is 6.97. The Morgan fingerprint density at radius 2 is 1.64 bits per heavy atom. The van der Waals surface area contributed by atoms with Gasteiger partial charge in [0.25, 0.3) is 0 Å². The summed E-state index contributed by atoms with van der Waals surface area (Å²) in [6, 6.07) is 32.7. The Morgan fingerprint density at radius 1 is 0.857 bits per heavy atom. The quantitative estimate of drug-likeness (QED) is 0.193. The van der Waals surface area contributed by atoms with Crippen molar-refractivity contribution in [1.82, 2.24) is 9.47 Å². The van der Waals surface area contributed by atoms with E-state index < -0.39 is 0 Å². The summed E-state index contributed by atoms with van der Waals surface area (Å²) in [5.41, 5.74) is 9.80. The highest BCUT2D eigenvalue weighted by Gasteiger charge is 2.44. The Hall–Kier alpha value is -5.15. The van der Waals surface area contributed by atoms with Crippen LogP contribution in [0.4, 0.5) is 0 Å². The molecule has 0 saturated carbocycles. The van der Waals surface area contributed by atoms with E-state index in [0.717, 1.165) is 23.6 Å². The smallest absolute Gasteiger partial charge is 0.137 e. The summed E-state index contributed by atoms with van der Waals surface area (Å²) in [7, 11) is 0. The minimum absolute atomic E-state index is 0.0815. The fraction of sp³-hybridized carbons (Fsp3) is 0.103. The first kappa shape index (κ1) is 24.6. The van der Waals surface area contributed by atoms with Gasteiger partial charge in [-0.15, -0.1) is 0 Å². The molecule has 3 heteroatoms. The molecular formula is C39H31N3. The van der Waals surface area contributed by atoms with Crippen molar-refractivity contribution in [2.45, 2.75) is 25.0 Å². The maximum absolute atomic E-state index is 5.28. The first-order chi connectivity index (χ1) is 20.7. The van der Waals surface area contributed by atoms with Crippen molar-refractivity contribution in [2.24, 2.45) is 4.99 Å². The second kappa shape index (κ2) is 9.46. The first-order valence-corrected chi connectivity index (χ1v) is 14.6. The Balaban J connectivity index is 1.22. The first-order valence-electron chi connectivity index (χ1n) is 14.6. The van der Waals surface area contributed by atoms with Gasteiger partial charge in [-0.2, -0.15) is 0 Å². The van der Waals surface area contributed by atoms with E-state index in [9.17, 15) is 0 Å². The van der Waals surface area contributed by atoms with E-state index in [-0.39, 0.29) is 11.6 Å². The third-order valence-corrected chi connectivity index (χ3v) is 8.88. The molecule has 0 radical (unpaired) electrons. The number of aliphatic imine (C=N–C) groups is 1. The molecule has 202 valence electrons. The van der Waals surface area contributed by atoms with Gasteiger partial charge in [0, 0.05) is 39.7 Å². The van der Waals surface area contributed by atoms with Gasteiger partial charge in [-0.3, -0.25) is 4.99 Å². The third-order valence-electron chi connectivity index (χ3n) is 8.88. The molecule has 1 aliphatic heterocycles. The molecule has 5 aromatic rings. The topological polar surface area (TPSA) is 20.5 Å². The van der Waals surface area contributed by atoms with Crippen molar-refractivity contribution in [3.63, 3.8) is 0 Å². The minimum Gasteiger partial charge on any atom is -0.336 e. The summed E-state index contributed by atoms with van der Waals surface area (Å²) in [6.45, 7) is 7.03. The van der Waals surface area contributed by atoms with Crippen LogP contribution in [0.1, 0.15) is 12.5 Å². The van der Waals surface area contributed by atoms with Crippen molar-refractivity contribution in [1.29, 1.82) is 0 Å². The maximum atomic E-state index is 5.28. The number of allylic oxidation sites excluding steroid dienone is 6. The van der Waals surface area contributed by atoms with Crippen LogP contribution in [0.5, 0.6) is 0 Å². The van der Waals surface area contributed by atoms with Crippen LogP contribution in [0.3, 0.4) is 0 Å². The lowest BCUT2D eigenvalue weighted by molar-refractivity contribution is 0.381. The number of nitrogens with zero attached hydrogens (tertiary/aromatic N) is 3. The lowest BCUT2D eigenvalue weighted by Crippen LogP contribution is -2.43. The zero-order valence-electron chi connectivity index (χ0n) is 23.6. The molecule has 4 aromatic carbocycles. The zero-order valence-corrected chi connectivity index (χ0v) is 23.6. The number of benzene rings is 4. The lowest BCUT2D eigenvalue weighted by atomic mass is 9.79. The van der Waals surface area contributed by atoms with E-state index in [1.165, 1.54) is 44.1 Å². The Labute approximate surface area is 246 Å².